The lowest BCUT2D eigenvalue weighted by atomic mass is 10.1. The monoisotopic (exact) mass is 331 g/mol. The van der Waals surface area contributed by atoms with Crippen LogP contribution >= 0.6 is 0 Å². The van der Waals surface area contributed by atoms with E-state index < -0.39 is 19.9 Å². The molecule has 1 aliphatic heterocycles. The first-order valence-corrected chi connectivity index (χ1v) is 10.5. The second-order valence-electron chi connectivity index (χ2n) is 5.70. The summed E-state index contributed by atoms with van der Waals surface area (Å²) in [5.74, 6) is 0.452. The number of benzene rings is 1. The number of aryl methyl sites for hydroxylation is 1. The molecule has 1 aliphatic rings. The summed E-state index contributed by atoms with van der Waals surface area (Å²) in [6, 6.07) is 7.37. The summed E-state index contributed by atoms with van der Waals surface area (Å²) in [5, 5.41) is 0. The zero-order valence-corrected chi connectivity index (χ0v) is 13.7. The minimum Gasteiger partial charge on any atom is -0.229 e. The molecule has 0 aromatic heterocycles. The van der Waals surface area contributed by atoms with E-state index >= 15 is 0 Å². The van der Waals surface area contributed by atoms with Crippen molar-refractivity contribution in [2.45, 2.75) is 25.5 Å². The molecule has 1 unspecified atom stereocenters. The molecule has 1 N–H and O–H groups in total. The summed E-state index contributed by atoms with van der Waals surface area (Å²) >= 11 is 0. The van der Waals surface area contributed by atoms with E-state index in [0.717, 1.165) is 11.1 Å². The Hall–Kier alpha value is -0.920. The molecule has 0 radical (unpaired) electrons. The molecule has 118 valence electrons. The van der Waals surface area contributed by atoms with Gasteiger partial charge in [0.1, 0.15) is 0 Å². The van der Waals surface area contributed by atoms with Crippen molar-refractivity contribution in [1.82, 2.24) is 4.72 Å². The van der Waals surface area contributed by atoms with Crippen LogP contribution in [0.25, 0.3) is 0 Å². The predicted octanol–water partition coefficient (Wildman–Crippen LogP) is 1.24. The van der Waals surface area contributed by atoms with E-state index in [1.807, 2.05) is 19.1 Å². The van der Waals surface area contributed by atoms with Crippen LogP contribution in [-0.4, -0.2) is 34.9 Å². The molecule has 1 aromatic carbocycles. The molecule has 0 saturated carbocycles. The summed E-state index contributed by atoms with van der Waals surface area (Å²) in [7, 11) is -6.26. The average molecular weight is 331 g/mol. The number of nitrogens with one attached hydrogen (secondary N) is 1. The lowest BCUT2D eigenvalue weighted by molar-refractivity contribution is 0.527. The molecule has 0 aliphatic carbocycles. The van der Waals surface area contributed by atoms with Crippen LogP contribution < -0.4 is 4.72 Å². The van der Waals surface area contributed by atoms with Gasteiger partial charge in [-0.1, -0.05) is 29.8 Å². The maximum Gasteiger partial charge on any atom is 0.215 e. The van der Waals surface area contributed by atoms with Gasteiger partial charge in [0, 0.05) is 6.54 Å². The van der Waals surface area contributed by atoms with E-state index in [0.29, 0.717) is 19.4 Å². The smallest absolute Gasteiger partial charge is 0.215 e. The highest BCUT2D eigenvalue weighted by Crippen LogP contribution is 2.21. The van der Waals surface area contributed by atoms with Crippen LogP contribution in [0.5, 0.6) is 0 Å². The Kier molecular flexibility index (Phi) is 5.06. The maximum absolute atomic E-state index is 12.0. The molecule has 21 heavy (non-hydrogen) atoms. The van der Waals surface area contributed by atoms with Gasteiger partial charge in [0.2, 0.25) is 10.0 Å². The van der Waals surface area contributed by atoms with Crippen molar-refractivity contribution in [2.75, 3.05) is 18.1 Å². The van der Waals surface area contributed by atoms with Crippen molar-refractivity contribution in [1.29, 1.82) is 0 Å². The van der Waals surface area contributed by atoms with Crippen molar-refractivity contribution in [3.05, 3.63) is 35.4 Å². The van der Waals surface area contributed by atoms with Crippen LogP contribution in [0.1, 0.15) is 24.0 Å². The van der Waals surface area contributed by atoms with E-state index in [9.17, 15) is 16.8 Å². The Morgan fingerprint density at radius 2 is 1.90 bits per heavy atom. The summed E-state index contributed by atoms with van der Waals surface area (Å²) in [6.07, 6.45) is 1.22. The van der Waals surface area contributed by atoms with Gasteiger partial charge < -0.3 is 0 Å². The molecule has 1 saturated heterocycles. The fourth-order valence-electron chi connectivity index (χ4n) is 2.47. The first-order valence-electron chi connectivity index (χ1n) is 6.99. The van der Waals surface area contributed by atoms with Crippen molar-refractivity contribution < 1.29 is 16.8 Å². The Morgan fingerprint density at radius 1 is 1.24 bits per heavy atom. The maximum atomic E-state index is 12.0. The molecule has 0 spiro atoms. The van der Waals surface area contributed by atoms with Gasteiger partial charge in [0.15, 0.2) is 9.84 Å². The number of rotatable bonds is 6. The van der Waals surface area contributed by atoms with Gasteiger partial charge in [0.05, 0.1) is 17.3 Å². The Bertz CT molecular complexity index is 678. The molecule has 1 atom stereocenters. The molecule has 0 amide bonds. The first kappa shape index (κ1) is 16.5. The summed E-state index contributed by atoms with van der Waals surface area (Å²) in [4.78, 5) is 0. The lowest BCUT2D eigenvalue weighted by Gasteiger charge is -2.10. The number of sulfonamides is 1. The van der Waals surface area contributed by atoms with Gasteiger partial charge in [0.25, 0.3) is 0 Å². The van der Waals surface area contributed by atoms with Crippen molar-refractivity contribution in [3.63, 3.8) is 0 Å². The Morgan fingerprint density at radius 3 is 2.48 bits per heavy atom. The highest BCUT2D eigenvalue weighted by atomic mass is 32.2. The van der Waals surface area contributed by atoms with Crippen molar-refractivity contribution in [2.24, 2.45) is 5.92 Å². The highest BCUT2D eigenvalue weighted by Gasteiger charge is 2.27. The van der Waals surface area contributed by atoms with Crippen LogP contribution in [0.2, 0.25) is 0 Å². The highest BCUT2D eigenvalue weighted by molar-refractivity contribution is 7.91. The van der Waals surface area contributed by atoms with Crippen LogP contribution in [0.15, 0.2) is 24.3 Å². The third-order valence-corrected chi connectivity index (χ3v) is 6.87. The number of hydrogen-bond acceptors (Lipinski definition) is 4. The zero-order valence-electron chi connectivity index (χ0n) is 12.1. The van der Waals surface area contributed by atoms with Crippen LogP contribution in [0, 0.1) is 12.8 Å². The second kappa shape index (κ2) is 6.46. The van der Waals surface area contributed by atoms with Crippen LogP contribution in [-0.2, 0) is 25.6 Å². The number of sulfone groups is 1. The van der Waals surface area contributed by atoms with Gasteiger partial charge in [-0.15, -0.1) is 0 Å². The van der Waals surface area contributed by atoms with E-state index in [1.54, 1.807) is 12.1 Å². The molecule has 1 aromatic rings. The molecular weight excluding hydrogens is 310 g/mol. The standard InChI is InChI=1S/C14H21NO4S2/c1-12-2-4-13(5-3-12)11-21(18,19)15-8-6-14-7-9-20(16,17)10-14/h2-5,14-15H,6-11H2,1H3. The quantitative estimate of drug-likeness (QED) is 0.850. The fourth-order valence-corrected chi connectivity index (χ4v) is 5.55. The minimum absolute atomic E-state index is 0.0454. The largest absolute Gasteiger partial charge is 0.229 e. The first-order chi connectivity index (χ1) is 9.76. The van der Waals surface area contributed by atoms with Crippen LogP contribution in [0.4, 0.5) is 0 Å². The van der Waals surface area contributed by atoms with Crippen molar-refractivity contribution in [3.8, 4) is 0 Å². The molecule has 2 rings (SSSR count). The Balaban J connectivity index is 1.80. The molecule has 5 nitrogen and oxygen atoms in total. The fraction of sp³-hybridized carbons (Fsp3) is 0.571. The summed E-state index contributed by atoms with van der Waals surface area (Å²) in [6.45, 7) is 2.25. The molecular formula is C14H21NO4S2. The van der Waals surface area contributed by atoms with Gasteiger partial charge >= 0.3 is 0 Å². The van der Waals surface area contributed by atoms with E-state index in [2.05, 4.69) is 4.72 Å². The minimum atomic E-state index is -3.37. The normalized spacial score (nSPS) is 21.5. The third-order valence-electron chi connectivity index (χ3n) is 3.68. The van der Waals surface area contributed by atoms with Gasteiger partial charge in [-0.25, -0.2) is 21.6 Å². The molecule has 1 fully saturated rings. The molecule has 7 heteroatoms. The molecule has 0 bridgehead atoms. The van der Waals surface area contributed by atoms with E-state index in [1.165, 1.54) is 0 Å². The average Bonchev–Trinajstić information content (AvgIpc) is 2.71. The lowest BCUT2D eigenvalue weighted by Crippen LogP contribution is -2.27. The SMILES string of the molecule is Cc1ccc(CS(=O)(=O)NCCC2CCS(=O)(=O)C2)cc1. The Labute approximate surface area is 126 Å². The van der Waals surface area contributed by atoms with E-state index in [-0.39, 0.29) is 23.2 Å². The molecule has 1 heterocycles. The van der Waals surface area contributed by atoms with E-state index in [4.69, 9.17) is 0 Å². The summed E-state index contributed by atoms with van der Waals surface area (Å²) in [5.41, 5.74) is 1.84. The van der Waals surface area contributed by atoms with Gasteiger partial charge in [-0.05, 0) is 31.2 Å². The number of hydrogen-bond donors (Lipinski definition) is 1. The van der Waals surface area contributed by atoms with Gasteiger partial charge in [-0.2, -0.15) is 0 Å². The predicted molar refractivity (Wildman–Crippen MR) is 83.2 cm³/mol. The second-order valence-corrected chi connectivity index (χ2v) is 9.73. The van der Waals surface area contributed by atoms with Gasteiger partial charge in [-0.3, -0.25) is 0 Å². The topological polar surface area (TPSA) is 80.3 Å². The van der Waals surface area contributed by atoms with Crippen LogP contribution in [0.3, 0.4) is 0 Å². The van der Waals surface area contributed by atoms with Crippen molar-refractivity contribution >= 4 is 19.9 Å². The zero-order chi connectivity index (χ0) is 15.5. The third kappa shape index (κ3) is 5.41. The summed E-state index contributed by atoms with van der Waals surface area (Å²) < 4.78 is 49.1.